The standard InChI is InChI=1S/C15H21N3OS2/c1-4-14-17-15(21-18-14)20-13-6-5-11(2)9-12(13)10-16-7-8-19-3/h5-6,9,16H,4,7-8,10H2,1-3H3. The fourth-order valence-electron chi connectivity index (χ4n) is 1.86. The van der Waals surface area contributed by atoms with E-state index in [0.29, 0.717) is 0 Å². The van der Waals surface area contributed by atoms with E-state index in [-0.39, 0.29) is 0 Å². The van der Waals surface area contributed by atoms with Crippen LogP contribution in [0.15, 0.2) is 27.4 Å². The van der Waals surface area contributed by atoms with Gasteiger partial charge in [0.1, 0.15) is 5.82 Å². The number of hydrogen-bond acceptors (Lipinski definition) is 6. The molecule has 0 saturated carbocycles. The molecule has 0 radical (unpaired) electrons. The topological polar surface area (TPSA) is 47.0 Å². The summed E-state index contributed by atoms with van der Waals surface area (Å²) in [5, 5.41) is 3.40. The molecule has 1 aromatic heterocycles. The van der Waals surface area contributed by atoms with Gasteiger partial charge in [-0.15, -0.1) is 0 Å². The summed E-state index contributed by atoms with van der Waals surface area (Å²) in [5.41, 5.74) is 2.57. The molecule has 0 bridgehead atoms. The van der Waals surface area contributed by atoms with Crippen molar-refractivity contribution in [1.82, 2.24) is 14.7 Å². The minimum Gasteiger partial charge on any atom is -0.383 e. The monoisotopic (exact) mass is 323 g/mol. The van der Waals surface area contributed by atoms with Crippen molar-refractivity contribution < 1.29 is 4.74 Å². The maximum Gasteiger partial charge on any atom is 0.174 e. The smallest absolute Gasteiger partial charge is 0.174 e. The summed E-state index contributed by atoms with van der Waals surface area (Å²) in [6, 6.07) is 6.53. The predicted molar refractivity (Wildman–Crippen MR) is 88.2 cm³/mol. The highest BCUT2D eigenvalue weighted by Gasteiger charge is 2.09. The zero-order chi connectivity index (χ0) is 15.1. The number of aromatic nitrogens is 2. The average molecular weight is 323 g/mol. The third kappa shape index (κ3) is 5.07. The lowest BCUT2D eigenvalue weighted by Gasteiger charge is -2.10. The molecule has 0 spiro atoms. The summed E-state index contributed by atoms with van der Waals surface area (Å²) in [7, 11) is 1.72. The van der Waals surface area contributed by atoms with Crippen LogP contribution in [-0.2, 0) is 17.7 Å². The van der Waals surface area contributed by atoms with Crippen molar-refractivity contribution in [3.05, 3.63) is 35.2 Å². The lowest BCUT2D eigenvalue weighted by atomic mass is 10.1. The average Bonchev–Trinajstić information content (AvgIpc) is 2.94. The van der Waals surface area contributed by atoms with Crippen molar-refractivity contribution in [1.29, 1.82) is 0 Å². The Morgan fingerprint density at radius 2 is 2.24 bits per heavy atom. The molecule has 2 aromatic rings. The van der Waals surface area contributed by atoms with Crippen molar-refractivity contribution in [3.63, 3.8) is 0 Å². The van der Waals surface area contributed by atoms with Gasteiger partial charge in [-0.05, 0) is 30.1 Å². The minimum absolute atomic E-state index is 0.727. The summed E-state index contributed by atoms with van der Waals surface area (Å²) in [6.45, 7) is 6.62. The largest absolute Gasteiger partial charge is 0.383 e. The second-order valence-corrected chi connectivity index (χ2v) is 6.75. The summed E-state index contributed by atoms with van der Waals surface area (Å²) in [5.74, 6) is 0.925. The Balaban J connectivity index is 2.06. The molecule has 1 N–H and O–H groups in total. The second kappa shape index (κ2) is 8.48. The maximum absolute atomic E-state index is 5.06. The molecule has 114 valence electrons. The number of hydrogen-bond donors (Lipinski definition) is 1. The highest BCUT2D eigenvalue weighted by molar-refractivity contribution is 8.01. The van der Waals surface area contributed by atoms with E-state index in [1.54, 1.807) is 18.9 Å². The Hall–Kier alpha value is -0.950. The van der Waals surface area contributed by atoms with Gasteiger partial charge in [0, 0.05) is 31.5 Å². The van der Waals surface area contributed by atoms with Crippen LogP contribution >= 0.6 is 23.3 Å². The lowest BCUT2D eigenvalue weighted by molar-refractivity contribution is 0.199. The quantitative estimate of drug-likeness (QED) is 0.755. The van der Waals surface area contributed by atoms with Crippen molar-refractivity contribution >= 4 is 23.3 Å². The van der Waals surface area contributed by atoms with Crippen LogP contribution in [0, 0.1) is 6.92 Å². The molecular formula is C15H21N3OS2. The highest BCUT2D eigenvalue weighted by Crippen LogP contribution is 2.32. The van der Waals surface area contributed by atoms with Crippen LogP contribution in [0.4, 0.5) is 0 Å². The van der Waals surface area contributed by atoms with Crippen LogP contribution in [0.3, 0.4) is 0 Å². The molecule has 0 aliphatic rings. The number of aryl methyl sites for hydroxylation is 2. The van der Waals surface area contributed by atoms with Gasteiger partial charge in [-0.25, -0.2) is 4.98 Å². The molecule has 0 fully saturated rings. The van der Waals surface area contributed by atoms with E-state index >= 15 is 0 Å². The van der Waals surface area contributed by atoms with E-state index in [4.69, 9.17) is 4.74 Å². The normalized spacial score (nSPS) is 11.0. The molecule has 0 aliphatic carbocycles. The fraction of sp³-hybridized carbons (Fsp3) is 0.467. The third-order valence-corrected chi connectivity index (χ3v) is 4.88. The SMILES string of the molecule is CCc1nsc(Sc2ccc(C)cc2CNCCOC)n1. The van der Waals surface area contributed by atoms with Crippen LogP contribution in [0.2, 0.25) is 0 Å². The van der Waals surface area contributed by atoms with Gasteiger partial charge in [0.15, 0.2) is 4.34 Å². The van der Waals surface area contributed by atoms with Crippen LogP contribution in [0.1, 0.15) is 23.9 Å². The molecule has 2 rings (SSSR count). The molecule has 0 unspecified atom stereocenters. The molecule has 6 heteroatoms. The van der Waals surface area contributed by atoms with Crippen LogP contribution in [0.5, 0.6) is 0 Å². The van der Waals surface area contributed by atoms with Gasteiger partial charge < -0.3 is 10.1 Å². The summed E-state index contributed by atoms with van der Waals surface area (Å²) in [4.78, 5) is 5.77. The van der Waals surface area contributed by atoms with Gasteiger partial charge in [0.25, 0.3) is 0 Å². The summed E-state index contributed by atoms with van der Waals surface area (Å²) in [6.07, 6.45) is 0.885. The Morgan fingerprint density at radius 1 is 1.38 bits per heavy atom. The highest BCUT2D eigenvalue weighted by atomic mass is 32.2. The van der Waals surface area contributed by atoms with Gasteiger partial charge >= 0.3 is 0 Å². The molecule has 21 heavy (non-hydrogen) atoms. The van der Waals surface area contributed by atoms with Crippen molar-refractivity contribution in [2.24, 2.45) is 0 Å². The molecule has 1 aromatic carbocycles. The Kier molecular flexibility index (Phi) is 6.63. The summed E-state index contributed by atoms with van der Waals surface area (Å²) >= 11 is 3.17. The first-order valence-corrected chi connectivity index (χ1v) is 8.61. The molecular weight excluding hydrogens is 302 g/mol. The van der Waals surface area contributed by atoms with E-state index in [9.17, 15) is 0 Å². The van der Waals surface area contributed by atoms with Gasteiger partial charge in [0.2, 0.25) is 0 Å². The van der Waals surface area contributed by atoms with E-state index in [1.807, 2.05) is 0 Å². The van der Waals surface area contributed by atoms with E-state index < -0.39 is 0 Å². The number of rotatable bonds is 8. The molecule has 0 saturated heterocycles. The molecule has 0 amide bonds. The second-order valence-electron chi connectivity index (χ2n) is 4.71. The van der Waals surface area contributed by atoms with Crippen LogP contribution in [0.25, 0.3) is 0 Å². The zero-order valence-corrected chi connectivity index (χ0v) is 14.3. The molecule has 4 nitrogen and oxygen atoms in total. The van der Waals surface area contributed by atoms with Gasteiger partial charge in [0.05, 0.1) is 6.61 Å². The minimum atomic E-state index is 0.727. The number of nitrogens with zero attached hydrogens (tertiary/aromatic N) is 2. The number of benzene rings is 1. The van der Waals surface area contributed by atoms with Crippen molar-refractivity contribution in [2.45, 2.75) is 36.0 Å². The Labute approximate surface area is 134 Å². The van der Waals surface area contributed by atoms with E-state index in [0.717, 1.165) is 36.3 Å². The van der Waals surface area contributed by atoms with E-state index in [1.165, 1.54) is 27.6 Å². The predicted octanol–water partition coefficient (Wildman–Crippen LogP) is 3.30. The fourth-order valence-corrected chi connectivity index (χ4v) is 3.63. The van der Waals surface area contributed by atoms with Crippen LogP contribution in [-0.4, -0.2) is 29.6 Å². The Morgan fingerprint density at radius 3 is 2.95 bits per heavy atom. The first-order valence-electron chi connectivity index (χ1n) is 7.02. The van der Waals surface area contributed by atoms with Crippen LogP contribution < -0.4 is 5.32 Å². The van der Waals surface area contributed by atoms with Crippen molar-refractivity contribution in [2.75, 3.05) is 20.3 Å². The molecule has 0 atom stereocenters. The zero-order valence-electron chi connectivity index (χ0n) is 12.7. The molecule has 1 heterocycles. The maximum atomic E-state index is 5.06. The summed E-state index contributed by atoms with van der Waals surface area (Å²) < 4.78 is 10.4. The van der Waals surface area contributed by atoms with Crippen molar-refractivity contribution in [3.8, 4) is 0 Å². The lowest BCUT2D eigenvalue weighted by Crippen LogP contribution is -2.19. The Bertz CT molecular complexity index is 572. The van der Waals surface area contributed by atoms with Gasteiger partial charge in [-0.1, -0.05) is 36.4 Å². The number of nitrogens with one attached hydrogen (secondary N) is 1. The van der Waals surface area contributed by atoms with Gasteiger partial charge in [-0.3, -0.25) is 0 Å². The number of ether oxygens (including phenoxy) is 1. The number of methoxy groups -OCH3 is 1. The van der Waals surface area contributed by atoms with Gasteiger partial charge in [-0.2, -0.15) is 4.37 Å². The first-order chi connectivity index (χ1) is 10.2. The first kappa shape index (κ1) is 16.4. The molecule has 0 aliphatic heterocycles. The van der Waals surface area contributed by atoms with E-state index in [2.05, 4.69) is 46.7 Å². The third-order valence-electron chi connectivity index (χ3n) is 2.98.